The van der Waals surface area contributed by atoms with E-state index in [1.165, 1.54) is 6.07 Å². The zero-order valence-electron chi connectivity index (χ0n) is 7.98. The Bertz CT molecular complexity index is 470. The lowest BCUT2D eigenvalue weighted by Crippen LogP contribution is -2.03. The Kier molecular flexibility index (Phi) is 3.30. The molecule has 0 saturated carbocycles. The number of rotatable bonds is 3. The minimum atomic E-state index is -3.10. The molecule has 0 aromatic carbocycles. The number of hydrogen-bond donors (Lipinski definition) is 0. The van der Waals surface area contributed by atoms with Crippen LogP contribution in [-0.4, -0.2) is 17.0 Å². The summed E-state index contributed by atoms with van der Waals surface area (Å²) in [5.74, 6) is -1.49. The van der Waals surface area contributed by atoms with Gasteiger partial charge in [0.25, 0.3) is 12.1 Å². The van der Waals surface area contributed by atoms with Crippen molar-refractivity contribution in [2.24, 2.45) is 0 Å². The van der Waals surface area contributed by atoms with E-state index in [9.17, 15) is 18.9 Å². The predicted octanol–water partition coefficient (Wildman–Crippen LogP) is 1.81. The Hall–Kier alpha value is -2.30. The number of hydrogen-bond acceptors (Lipinski definition) is 5. The first kappa shape index (κ1) is 11.8. The summed E-state index contributed by atoms with van der Waals surface area (Å²) < 4.78 is 29.7. The highest BCUT2D eigenvalue weighted by Crippen LogP contribution is 2.35. The van der Waals surface area contributed by atoms with E-state index in [1.807, 2.05) is 0 Å². The van der Waals surface area contributed by atoms with Gasteiger partial charge in [-0.05, 0) is 9.91 Å². The summed E-state index contributed by atoms with van der Waals surface area (Å²) in [6.45, 7) is 0. The van der Waals surface area contributed by atoms with Gasteiger partial charge in [-0.15, -0.1) is 0 Å². The third kappa shape index (κ3) is 2.03. The summed E-state index contributed by atoms with van der Waals surface area (Å²) in [7, 11) is 1.08. The molecule has 0 aliphatic carbocycles. The number of alkyl halides is 2. The fraction of sp³-hybridized carbons (Fsp3) is 0.250. The van der Waals surface area contributed by atoms with Gasteiger partial charge >= 0.3 is 5.82 Å². The molecule has 0 bridgehead atoms. The number of nitriles is 1. The number of nitro groups is 1. The van der Waals surface area contributed by atoms with Crippen LogP contribution in [-0.2, 0) is 0 Å². The van der Waals surface area contributed by atoms with Gasteiger partial charge in [0.15, 0.2) is 5.56 Å². The van der Waals surface area contributed by atoms with Crippen molar-refractivity contribution < 1.29 is 18.4 Å². The summed E-state index contributed by atoms with van der Waals surface area (Å²) in [5.41, 5.74) is -1.28. The highest BCUT2D eigenvalue weighted by molar-refractivity contribution is 5.49. The smallest absolute Gasteiger partial charge is 0.377 e. The lowest BCUT2D eigenvalue weighted by molar-refractivity contribution is -0.391. The Morgan fingerprint density at radius 3 is 2.69 bits per heavy atom. The number of methoxy groups -OCH3 is 1. The van der Waals surface area contributed by atoms with Gasteiger partial charge in [-0.25, -0.2) is 8.78 Å². The second kappa shape index (κ2) is 4.48. The monoisotopic (exact) mass is 229 g/mol. The molecule has 1 aromatic heterocycles. The molecule has 0 N–H and O–H groups in total. The van der Waals surface area contributed by atoms with Gasteiger partial charge in [0.2, 0.25) is 0 Å². The number of aromatic nitrogens is 1. The molecule has 0 amide bonds. The Morgan fingerprint density at radius 2 is 2.31 bits per heavy atom. The van der Waals surface area contributed by atoms with E-state index in [-0.39, 0.29) is 5.69 Å². The van der Waals surface area contributed by atoms with E-state index in [2.05, 4.69) is 9.72 Å². The van der Waals surface area contributed by atoms with E-state index in [0.29, 0.717) is 0 Å². The fourth-order valence-corrected chi connectivity index (χ4v) is 1.09. The Morgan fingerprint density at radius 1 is 1.69 bits per heavy atom. The summed E-state index contributed by atoms with van der Waals surface area (Å²) in [6.07, 6.45) is -3.10. The van der Waals surface area contributed by atoms with Crippen LogP contribution in [0.1, 0.15) is 17.7 Å². The molecule has 8 heteroatoms. The second-order valence-corrected chi connectivity index (χ2v) is 2.62. The van der Waals surface area contributed by atoms with Crippen molar-refractivity contribution in [2.75, 3.05) is 7.11 Å². The van der Waals surface area contributed by atoms with Crippen LogP contribution in [0.3, 0.4) is 0 Å². The van der Waals surface area contributed by atoms with Crippen molar-refractivity contribution in [1.29, 1.82) is 5.26 Å². The van der Waals surface area contributed by atoms with Gasteiger partial charge in [0.05, 0.1) is 7.11 Å². The SMILES string of the molecule is COc1cc(C#N)nc([N+](=O)[O-])c1C(F)F. The van der Waals surface area contributed by atoms with Crippen molar-refractivity contribution in [3.05, 3.63) is 27.4 Å². The molecule has 0 atom stereocenters. The lowest BCUT2D eigenvalue weighted by atomic mass is 10.2. The van der Waals surface area contributed by atoms with Crippen LogP contribution >= 0.6 is 0 Å². The highest BCUT2D eigenvalue weighted by atomic mass is 19.3. The normalized spacial score (nSPS) is 9.94. The molecule has 0 unspecified atom stereocenters. The van der Waals surface area contributed by atoms with Crippen LogP contribution in [0.5, 0.6) is 5.75 Å². The average molecular weight is 229 g/mol. The molecular weight excluding hydrogens is 224 g/mol. The van der Waals surface area contributed by atoms with E-state index < -0.39 is 28.5 Å². The predicted molar refractivity (Wildman–Crippen MR) is 47.1 cm³/mol. The minimum absolute atomic E-state index is 0.354. The topological polar surface area (TPSA) is 89.0 Å². The first-order valence-electron chi connectivity index (χ1n) is 3.92. The number of ether oxygens (including phenoxy) is 1. The third-order valence-corrected chi connectivity index (χ3v) is 1.73. The van der Waals surface area contributed by atoms with E-state index >= 15 is 0 Å². The van der Waals surface area contributed by atoms with Gasteiger partial charge in [-0.1, -0.05) is 0 Å². The van der Waals surface area contributed by atoms with Crippen molar-refractivity contribution >= 4 is 5.82 Å². The molecule has 0 aliphatic rings. The minimum Gasteiger partial charge on any atom is -0.496 e. The zero-order valence-corrected chi connectivity index (χ0v) is 7.98. The number of pyridine rings is 1. The molecular formula is C8H5F2N3O3. The third-order valence-electron chi connectivity index (χ3n) is 1.73. The quantitative estimate of drug-likeness (QED) is 0.582. The van der Waals surface area contributed by atoms with Gasteiger partial charge in [-0.3, -0.25) is 0 Å². The fourth-order valence-electron chi connectivity index (χ4n) is 1.09. The number of halogens is 2. The molecule has 0 fully saturated rings. The molecule has 84 valence electrons. The molecule has 1 aromatic rings. The molecule has 0 spiro atoms. The summed E-state index contributed by atoms with van der Waals surface area (Å²) in [6, 6.07) is 2.45. The zero-order chi connectivity index (χ0) is 12.3. The summed E-state index contributed by atoms with van der Waals surface area (Å²) in [5, 5.41) is 19.0. The standard InChI is InChI=1S/C8H5F2N3O3/c1-16-5-2-4(3-11)12-8(13(14)15)6(5)7(9)10/h2,7H,1H3. The lowest BCUT2D eigenvalue weighted by Gasteiger charge is -2.06. The Labute approximate surface area is 88.2 Å². The molecule has 0 aliphatic heterocycles. The van der Waals surface area contributed by atoms with Crippen LogP contribution in [0.2, 0.25) is 0 Å². The largest absolute Gasteiger partial charge is 0.496 e. The van der Waals surface area contributed by atoms with Gasteiger partial charge < -0.3 is 14.9 Å². The maximum atomic E-state index is 12.6. The second-order valence-electron chi connectivity index (χ2n) is 2.62. The Balaban J connectivity index is 3.55. The van der Waals surface area contributed by atoms with E-state index in [4.69, 9.17) is 5.26 Å². The summed E-state index contributed by atoms with van der Waals surface area (Å²) in [4.78, 5) is 12.6. The van der Waals surface area contributed by atoms with Crippen LogP contribution in [0.4, 0.5) is 14.6 Å². The molecule has 1 heterocycles. The first-order valence-corrected chi connectivity index (χ1v) is 3.92. The van der Waals surface area contributed by atoms with Crippen molar-refractivity contribution in [1.82, 2.24) is 4.98 Å². The average Bonchev–Trinajstić information content (AvgIpc) is 2.26. The van der Waals surface area contributed by atoms with Crippen LogP contribution in [0.15, 0.2) is 6.07 Å². The van der Waals surface area contributed by atoms with Gasteiger partial charge in [0, 0.05) is 6.07 Å². The van der Waals surface area contributed by atoms with Crippen molar-refractivity contribution in [2.45, 2.75) is 6.43 Å². The molecule has 0 radical (unpaired) electrons. The van der Waals surface area contributed by atoms with Crippen LogP contribution in [0.25, 0.3) is 0 Å². The number of nitrogens with zero attached hydrogens (tertiary/aromatic N) is 3. The maximum Gasteiger partial charge on any atom is 0.377 e. The van der Waals surface area contributed by atoms with E-state index in [0.717, 1.165) is 13.2 Å². The van der Waals surface area contributed by atoms with Crippen LogP contribution < -0.4 is 4.74 Å². The van der Waals surface area contributed by atoms with Crippen molar-refractivity contribution in [3.63, 3.8) is 0 Å². The van der Waals surface area contributed by atoms with Gasteiger partial charge in [0.1, 0.15) is 11.8 Å². The van der Waals surface area contributed by atoms with E-state index in [1.54, 1.807) is 0 Å². The highest BCUT2D eigenvalue weighted by Gasteiger charge is 2.29. The molecule has 6 nitrogen and oxygen atoms in total. The maximum absolute atomic E-state index is 12.6. The summed E-state index contributed by atoms with van der Waals surface area (Å²) >= 11 is 0. The first-order chi connectivity index (χ1) is 7.51. The van der Waals surface area contributed by atoms with Crippen LogP contribution in [0, 0.1) is 21.4 Å². The van der Waals surface area contributed by atoms with Gasteiger partial charge in [-0.2, -0.15) is 5.26 Å². The molecule has 16 heavy (non-hydrogen) atoms. The molecule has 1 rings (SSSR count). The van der Waals surface area contributed by atoms with Crippen molar-refractivity contribution in [3.8, 4) is 11.8 Å². The molecule has 0 saturated heterocycles.